The van der Waals surface area contributed by atoms with E-state index in [1.54, 1.807) is 0 Å². The zero-order valence-electron chi connectivity index (χ0n) is 7.58. The van der Waals surface area contributed by atoms with Crippen molar-refractivity contribution >= 4 is 9.84 Å². The van der Waals surface area contributed by atoms with Gasteiger partial charge in [-0.3, -0.25) is 0 Å². The van der Waals surface area contributed by atoms with Crippen molar-refractivity contribution < 1.29 is 13.5 Å². The molecule has 72 valence electrons. The first-order valence-electron chi connectivity index (χ1n) is 4.23. The SMILES string of the molecule is CC(C)C1(CO)CCS(=O)(=O)C1. The molecule has 0 radical (unpaired) electrons. The number of aliphatic hydroxyl groups excluding tert-OH is 1. The van der Waals surface area contributed by atoms with Crippen LogP contribution < -0.4 is 0 Å². The zero-order chi connectivity index (χ0) is 9.41. The standard InChI is InChI=1S/C8H16O3S/c1-7(2)8(5-9)3-4-12(10,11)6-8/h7,9H,3-6H2,1-2H3. The van der Waals surface area contributed by atoms with Gasteiger partial charge in [-0.05, 0) is 12.3 Å². The molecule has 12 heavy (non-hydrogen) atoms. The Hall–Kier alpha value is -0.0900. The van der Waals surface area contributed by atoms with Crippen molar-refractivity contribution in [3.63, 3.8) is 0 Å². The van der Waals surface area contributed by atoms with Crippen LogP contribution in [-0.2, 0) is 9.84 Å². The van der Waals surface area contributed by atoms with Crippen LogP contribution in [0.1, 0.15) is 20.3 Å². The van der Waals surface area contributed by atoms with Crippen LogP contribution in [0.3, 0.4) is 0 Å². The molecule has 1 saturated heterocycles. The van der Waals surface area contributed by atoms with E-state index in [4.69, 9.17) is 5.11 Å². The predicted molar refractivity (Wildman–Crippen MR) is 47.6 cm³/mol. The summed E-state index contributed by atoms with van der Waals surface area (Å²) in [5.74, 6) is 0.639. The van der Waals surface area contributed by atoms with E-state index in [2.05, 4.69) is 0 Å². The minimum Gasteiger partial charge on any atom is -0.396 e. The molecule has 0 spiro atoms. The van der Waals surface area contributed by atoms with Crippen LogP contribution in [0.4, 0.5) is 0 Å². The van der Waals surface area contributed by atoms with E-state index in [0.29, 0.717) is 6.42 Å². The largest absolute Gasteiger partial charge is 0.396 e. The molecule has 0 saturated carbocycles. The van der Waals surface area contributed by atoms with E-state index in [-0.39, 0.29) is 29.4 Å². The van der Waals surface area contributed by atoms with Gasteiger partial charge in [0.05, 0.1) is 11.5 Å². The minimum absolute atomic E-state index is 0.0100. The normalized spacial score (nSPS) is 34.3. The van der Waals surface area contributed by atoms with Crippen LogP contribution in [0.2, 0.25) is 0 Å². The predicted octanol–water partition coefficient (Wildman–Crippen LogP) is 0.440. The first kappa shape index (κ1) is 9.99. The summed E-state index contributed by atoms with van der Waals surface area (Å²) in [6.07, 6.45) is 0.615. The summed E-state index contributed by atoms with van der Waals surface area (Å²) in [5, 5.41) is 9.15. The van der Waals surface area contributed by atoms with Crippen LogP contribution in [0.15, 0.2) is 0 Å². The lowest BCUT2D eigenvalue weighted by Gasteiger charge is -2.29. The highest BCUT2D eigenvalue weighted by Crippen LogP contribution is 2.38. The molecule has 3 nitrogen and oxygen atoms in total. The van der Waals surface area contributed by atoms with Crippen LogP contribution in [0.5, 0.6) is 0 Å². The Balaban J connectivity index is 2.87. The second-order valence-corrected chi connectivity index (χ2v) is 6.20. The third-order valence-corrected chi connectivity index (χ3v) is 4.80. The number of hydrogen-bond donors (Lipinski definition) is 1. The van der Waals surface area contributed by atoms with E-state index >= 15 is 0 Å². The average molecular weight is 192 g/mol. The lowest BCUT2D eigenvalue weighted by Crippen LogP contribution is -2.32. The lowest BCUT2D eigenvalue weighted by atomic mass is 9.78. The smallest absolute Gasteiger partial charge is 0.150 e. The first-order valence-corrected chi connectivity index (χ1v) is 6.05. The van der Waals surface area contributed by atoms with Crippen LogP contribution in [-0.4, -0.2) is 31.6 Å². The fourth-order valence-electron chi connectivity index (χ4n) is 1.70. The molecule has 1 heterocycles. The molecule has 1 N–H and O–H groups in total. The second-order valence-electron chi connectivity index (χ2n) is 4.02. The first-order chi connectivity index (χ1) is 5.42. The van der Waals surface area contributed by atoms with Gasteiger partial charge in [-0.15, -0.1) is 0 Å². The van der Waals surface area contributed by atoms with Crippen molar-refractivity contribution in [1.29, 1.82) is 0 Å². The van der Waals surface area contributed by atoms with Gasteiger partial charge in [-0.25, -0.2) is 8.42 Å². The van der Waals surface area contributed by atoms with Gasteiger partial charge < -0.3 is 5.11 Å². The van der Waals surface area contributed by atoms with Gasteiger partial charge in [-0.1, -0.05) is 13.8 Å². The van der Waals surface area contributed by atoms with Crippen molar-refractivity contribution in [3.05, 3.63) is 0 Å². The van der Waals surface area contributed by atoms with Gasteiger partial charge >= 0.3 is 0 Å². The minimum atomic E-state index is -2.87. The molecule has 1 rings (SSSR count). The van der Waals surface area contributed by atoms with Gasteiger partial charge in [0.15, 0.2) is 9.84 Å². The van der Waals surface area contributed by atoms with Gasteiger partial charge in [-0.2, -0.15) is 0 Å². The van der Waals surface area contributed by atoms with Gasteiger partial charge in [0.2, 0.25) is 0 Å². The number of aliphatic hydroxyl groups is 1. The van der Waals surface area contributed by atoms with E-state index in [0.717, 1.165) is 0 Å². The highest BCUT2D eigenvalue weighted by atomic mass is 32.2. The summed E-state index contributed by atoms with van der Waals surface area (Å²) in [4.78, 5) is 0. The molecule has 1 fully saturated rings. The maximum absolute atomic E-state index is 11.2. The molecule has 0 aliphatic carbocycles. The fraction of sp³-hybridized carbons (Fsp3) is 1.00. The number of hydrogen-bond acceptors (Lipinski definition) is 3. The topological polar surface area (TPSA) is 54.4 Å². The van der Waals surface area contributed by atoms with Gasteiger partial charge in [0.25, 0.3) is 0 Å². The Morgan fingerprint density at radius 1 is 1.50 bits per heavy atom. The van der Waals surface area contributed by atoms with Gasteiger partial charge in [0, 0.05) is 12.0 Å². The summed E-state index contributed by atoms with van der Waals surface area (Å²) in [5.41, 5.74) is -0.362. The summed E-state index contributed by atoms with van der Waals surface area (Å²) >= 11 is 0. The molecule has 1 aliphatic rings. The van der Waals surface area contributed by atoms with E-state index in [1.165, 1.54) is 0 Å². The quantitative estimate of drug-likeness (QED) is 0.690. The number of rotatable bonds is 2. The maximum atomic E-state index is 11.2. The molecule has 0 aromatic carbocycles. The molecular weight excluding hydrogens is 176 g/mol. The average Bonchev–Trinajstić information content (AvgIpc) is 2.27. The molecule has 1 aliphatic heterocycles. The molecule has 0 aromatic heterocycles. The summed E-state index contributed by atoms with van der Waals surface area (Å²) in [7, 11) is -2.87. The highest BCUT2D eigenvalue weighted by Gasteiger charge is 2.43. The molecule has 1 atom stereocenters. The summed E-state index contributed by atoms with van der Waals surface area (Å²) in [6.45, 7) is 3.93. The Kier molecular flexibility index (Phi) is 2.50. The zero-order valence-corrected chi connectivity index (χ0v) is 8.39. The van der Waals surface area contributed by atoms with Crippen molar-refractivity contribution in [2.45, 2.75) is 20.3 Å². The highest BCUT2D eigenvalue weighted by molar-refractivity contribution is 7.91. The third kappa shape index (κ3) is 1.64. The summed E-state index contributed by atoms with van der Waals surface area (Å²) < 4.78 is 22.4. The number of sulfone groups is 1. The molecular formula is C8H16O3S. The van der Waals surface area contributed by atoms with Crippen molar-refractivity contribution in [3.8, 4) is 0 Å². The Labute approximate surface area is 73.7 Å². The second kappa shape index (κ2) is 3.00. The fourth-order valence-corrected chi connectivity index (χ4v) is 4.01. The van der Waals surface area contributed by atoms with Crippen LogP contribution in [0.25, 0.3) is 0 Å². The monoisotopic (exact) mass is 192 g/mol. The van der Waals surface area contributed by atoms with Crippen LogP contribution in [0, 0.1) is 11.3 Å². The Morgan fingerprint density at radius 3 is 2.25 bits per heavy atom. The molecule has 4 heteroatoms. The van der Waals surface area contributed by atoms with Gasteiger partial charge in [0.1, 0.15) is 0 Å². The Bertz CT molecular complexity index is 255. The Morgan fingerprint density at radius 2 is 2.08 bits per heavy atom. The summed E-state index contributed by atoms with van der Waals surface area (Å²) in [6, 6.07) is 0. The van der Waals surface area contributed by atoms with E-state index in [9.17, 15) is 8.42 Å². The van der Waals surface area contributed by atoms with Crippen molar-refractivity contribution in [1.82, 2.24) is 0 Å². The maximum Gasteiger partial charge on any atom is 0.150 e. The third-order valence-electron chi connectivity index (χ3n) is 2.96. The van der Waals surface area contributed by atoms with Crippen molar-refractivity contribution in [2.75, 3.05) is 18.1 Å². The van der Waals surface area contributed by atoms with Crippen LogP contribution >= 0.6 is 0 Å². The lowest BCUT2D eigenvalue weighted by molar-refractivity contribution is 0.102. The molecule has 0 amide bonds. The molecule has 0 aromatic rings. The van der Waals surface area contributed by atoms with E-state index < -0.39 is 9.84 Å². The van der Waals surface area contributed by atoms with Crippen molar-refractivity contribution in [2.24, 2.45) is 11.3 Å². The molecule has 0 bridgehead atoms. The molecule has 1 unspecified atom stereocenters. The van der Waals surface area contributed by atoms with E-state index in [1.807, 2.05) is 13.8 Å².